The number of hydrogen-bond acceptors (Lipinski definition) is 4. The first-order valence-electron chi connectivity index (χ1n) is 7.12. The van der Waals surface area contributed by atoms with Gasteiger partial charge in [0.25, 0.3) is 5.56 Å². The standard InChI is InChI=1S/C14H21N3O3/c1-2-4-11-7-14(19)17(10-16-11)9-13(18)15-8-12-5-3-6-20-12/h7,10,12H,2-6,8-9H2,1H3,(H,15,18). The zero-order valence-corrected chi connectivity index (χ0v) is 11.8. The van der Waals surface area contributed by atoms with E-state index in [0.29, 0.717) is 6.54 Å². The highest BCUT2D eigenvalue weighted by Gasteiger charge is 2.16. The molecule has 1 aromatic rings. The highest BCUT2D eigenvalue weighted by atomic mass is 16.5. The second kappa shape index (κ2) is 7.19. The molecule has 6 heteroatoms. The molecule has 1 unspecified atom stereocenters. The molecule has 2 rings (SSSR count). The summed E-state index contributed by atoms with van der Waals surface area (Å²) < 4.78 is 6.75. The molecule has 1 aromatic heterocycles. The topological polar surface area (TPSA) is 73.2 Å². The molecule has 110 valence electrons. The number of aromatic nitrogens is 2. The van der Waals surface area contributed by atoms with Crippen LogP contribution >= 0.6 is 0 Å². The number of rotatable bonds is 6. The fraction of sp³-hybridized carbons (Fsp3) is 0.643. The lowest BCUT2D eigenvalue weighted by Gasteiger charge is -2.11. The number of amides is 1. The van der Waals surface area contributed by atoms with E-state index in [1.165, 1.54) is 17.0 Å². The normalized spacial score (nSPS) is 18.1. The lowest BCUT2D eigenvalue weighted by Crippen LogP contribution is -2.36. The molecule has 1 fully saturated rings. The van der Waals surface area contributed by atoms with Gasteiger partial charge in [0.15, 0.2) is 0 Å². The fourth-order valence-corrected chi connectivity index (χ4v) is 2.22. The monoisotopic (exact) mass is 279 g/mol. The minimum Gasteiger partial charge on any atom is -0.376 e. The van der Waals surface area contributed by atoms with Gasteiger partial charge in [-0.3, -0.25) is 14.2 Å². The minimum atomic E-state index is -0.187. The highest BCUT2D eigenvalue weighted by molar-refractivity contribution is 5.75. The minimum absolute atomic E-state index is 0.00492. The number of carbonyl (C=O) groups excluding carboxylic acids is 1. The van der Waals surface area contributed by atoms with Crippen LogP contribution < -0.4 is 10.9 Å². The number of hydrogen-bond donors (Lipinski definition) is 1. The Morgan fingerprint density at radius 3 is 3.10 bits per heavy atom. The van der Waals surface area contributed by atoms with Gasteiger partial charge < -0.3 is 10.1 Å². The van der Waals surface area contributed by atoms with E-state index in [4.69, 9.17) is 4.74 Å². The van der Waals surface area contributed by atoms with Crippen molar-refractivity contribution in [3.05, 3.63) is 28.4 Å². The van der Waals surface area contributed by atoms with Crippen molar-refractivity contribution < 1.29 is 9.53 Å². The van der Waals surface area contributed by atoms with E-state index >= 15 is 0 Å². The van der Waals surface area contributed by atoms with Crippen LogP contribution in [0.15, 0.2) is 17.2 Å². The Bertz CT molecular complexity index is 507. The van der Waals surface area contributed by atoms with Crippen LogP contribution in [0.25, 0.3) is 0 Å². The van der Waals surface area contributed by atoms with E-state index in [1.54, 1.807) is 0 Å². The van der Waals surface area contributed by atoms with Crippen LogP contribution in [0.4, 0.5) is 0 Å². The molecule has 1 aliphatic rings. The van der Waals surface area contributed by atoms with E-state index in [1.807, 2.05) is 6.92 Å². The molecule has 1 amide bonds. The summed E-state index contributed by atoms with van der Waals surface area (Å²) in [4.78, 5) is 27.8. The van der Waals surface area contributed by atoms with E-state index < -0.39 is 0 Å². The number of carbonyl (C=O) groups is 1. The Morgan fingerprint density at radius 1 is 1.60 bits per heavy atom. The Hall–Kier alpha value is -1.69. The fourth-order valence-electron chi connectivity index (χ4n) is 2.22. The number of nitrogens with one attached hydrogen (secondary N) is 1. The quantitative estimate of drug-likeness (QED) is 0.822. The molecule has 1 atom stereocenters. The lowest BCUT2D eigenvalue weighted by atomic mass is 10.2. The van der Waals surface area contributed by atoms with Crippen molar-refractivity contribution in [1.29, 1.82) is 0 Å². The number of aryl methyl sites for hydroxylation is 1. The van der Waals surface area contributed by atoms with E-state index in [9.17, 15) is 9.59 Å². The van der Waals surface area contributed by atoms with Crippen LogP contribution in [0.5, 0.6) is 0 Å². The maximum atomic E-state index is 11.8. The van der Waals surface area contributed by atoms with Gasteiger partial charge in [0.05, 0.1) is 12.4 Å². The van der Waals surface area contributed by atoms with Gasteiger partial charge in [-0.25, -0.2) is 4.98 Å². The maximum Gasteiger partial charge on any atom is 0.253 e. The summed E-state index contributed by atoms with van der Waals surface area (Å²) in [6.45, 7) is 3.31. The van der Waals surface area contributed by atoms with Crippen molar-refractivity contribution in [1.82, 2.24) is 14.9 Å². The lowest BCUT2D eigenvalue weighted by molar-refractivity contribution is -0.122. The van der Waals surface area contributed by atoms with Crippen molar-refractivity contribution >= 4 is 5.91 Å². The van der Waals surface area contributed by atoms with Gasteiger partial charge in [-0.1, -0.05) is 13.3 Å². The van der Waals surface area contributed by atoms with E-state index in [0.717, 1.165) is 38.0 Å². The van der Waals surface area contributed by atoms with Gasteiger partial charge in [-0.15, -0.1) is 0 Å². The second-order valence-corrected chi connectivity index (χ2v) is 5.04. The average molecular weight is 279 g/mol. The average Bonchev–Trinajstić information content (AvgIpc) is 2.93. The maximum absolute atomic E-state index is 11.8. The molecular formula is C14H21N3O3. The van der Waals surface area contributed by atoms with Crippen molar-refractivity contribution in [3.63, 3.8) is 0 Å². The Morgan fingerprint density at radius 2 is 2.45 bits per heavy atom. The van der Waals surface area contributed by atoms with Gasteiger partial charge in [0, 0.05) is 24.9 Å². The predicted molar refractivity (Wildman–Crippen MR) is 74.5 cm³/mol. The zero-order chi connectivity index (χ0) is 14.4. The smallest absolute Gasteiger partial charge is 0.253 e. The molecule has 0 saturated carbocycles. The molecule has 0 aromatic carbocycles. The molecule has 1 aliphatic heterocycles. The molecule has 1 N–H and O–H groups in total. The molecule has 2 heterocycles. The van der Waals surface area contributed by atoms with Crippen molar-refractivity contribution in [3.8, 4) is 0 Å². The summed E-state index contributed by atoms with van der Waals surface area (Å²) in [5.74, 6) is -0.187. The Labute approximate surface area is 118 Å². The molecule has 1 saturated heterocycles. The van der Waals surface area contributed by atoms with Crippen LogP contribution in [0.3, 0.4) is 0 Å². The summed E-state index contributed by atoms with van der Waals surface area (Å²) in [7, 11) is 0. The molecule has 0 spiro atoms. The summed E-state index contributed by atoms with van der Waals surface area (Å²) in [5, 5.41) is 2.79. The summed E-state index contributed by atoms with van der Waals surface area (Å²) in [6, 6.07) is 1.50. The van der Waals surface area contributed by atoms with Gasteiger partial charge in [-0.2, -0.15) is 0 Å². The van der Waals surface area contributed by atoms with Gasteiger partial charge >= 0.3 is 0 Å². The molecule has 0 radical (unpaired) electrons. The third kappa shape index (κ3) is 4.16. The summed E-state index contributed by atoms with van der Waals surface area (Å²) in [5.41, 5.74) is 0.587. The SMILES string of the molecule is CCCc1cc(=O)n(CC(=O)NCC2CCCO2)cn1. The predicted octanol–water partition coefficient (Wildman–Crippen LogP) is 0.491. The first-order valence-corrected chi connectivity index (χ1v) is 7.12. The van der Waals surface area contributed by atoms with Gasteiger partial charge in [0.2, 0.25) is 5.91 Å². The van der Waals surface area contributed by atoms with Crippen molar-refractivity contribution in [2.45, 2.75) is 45.3 Å². The zero-order valence-electron chi connectivity index (χ0n) is 11.8. The first kappa shape index (κ1) is 14.7. The Kier molecular flexibility index (Phi) is 5.29. The van der Waals surface area contributed by atoms with Gasteiger partial charge in [0.1, 0.15) is 6.54 Å². The van der Waals surface area contributed by atoms with Gasteiger partial charge in [-0.05, 0) is 19.3 Å². The molecule has 0 bridgehead atoms. The summed E-state index contributed by atoms with van der Waals surface area (Å²) in [6.07, 6.45) is 5.30. The van der Waals surface area contributed by atoms with Crippen LogP contribution in [-0.2, 0) is 22.5 Å². The highest BCUT2D eigenvalue weighted by Crippen LogP contribution is 2.10. The number of nitrogens with zero attached hydrogens (tertiary/aromatic N) is 2. The summed E-state index contributed by atoms with van der Waals surface area (Å²) >= 11 is 0. The molecule has 20 heavy (non-hydrogen) atoms. The number of ether oxygens (including phenoxy) is 1. The largest absolute Gasteiger partial charge is 0.376 e. The van der Waals surface area contributed by atoms with Crippen molar-refractivity contribution in [2.24, 2.45) is 0 Å². The van der Waals surface area contributed by atoms with E-state index in [-0.39, 0.29) is 24.1 Å². The molecule has 6 nitrogen and oxygen atoms in total. The van der Waals surface area contributed by atoms with Crippen LogP contribution in [0.1, 0.15) is 31.9 Å². The first-order chi connectivity index (χ1) is 9.69. The third-order valence-electron chi connectivity index (χ3n) is 3.31. The van der Waals surface area contributed by atoms with Crippen LogP contribution in [0, 0.1) is 0 Å². The molecule has 0 aliphatic carbocycles. The van der Waals surface area contributed by atoms with Crippen LogP contribution in [0.2, 0.25) is 0 Å². The molecular weight excluding hydrogens is 258 g/mol. The Balaban J connectivity index is 1.85. The van der Waals surface area contributed by atoms with E-state index in [2.05, 4.69) is 10.3 Å². The second-order valence-electron chi connectivity index (χ2n) is 5.04. The van der Waals surface area contributed by atoms with Crippen molar-refractivity contribution in [2.75, 3.05) is 13.2 Å². The van der Waals surface area contributed by atoms with Crippen LogP contribution in [-0.4, -0.2) is 34.7 Å². The third-order valence-corrected chi connectivity index (χ3v) is 3.31.